The number of para-hydroxylation sites is 2. The second-order valence-corrected chi connectivity index (χ2v) is 5.78. The maximum Gasteiger partial charge on any atom is 0.262 e. The van der Waals surface area contributed by atoms with Gasteiger partial charge in [-0.1, -0.05) is 36.4 Å². The molecule has 0 aliphatic carbocycles. The molecule has 26 heavy (non-hydrogen) atoms. The van der Waals surface area contributed by atoms with Gasteiger partial charge in [0.25, 0.3) is 5.91 Å². The first-order chi connectivity index (χ1) is 12.8. The van der Waals surface area contributed by atoms with E-state index in [-0.39, 0.29) is 12.5 Å². The molecule has 0 saturated heterocycles. The molecule has 0 saturated carbocycles. The highest BCUT2D eigenvalue weighted by Crippen LogP contribution is 2.26. The van der Waals surface area contributed by atoms with Crippen LogP contribution in [0.25, 0.3) is 0 Å². The number of hydrogen-bond donors (Lipinski definition) is 1. The minimum Gasteiger partial charge on any atom is -0.484 e. The summed E-state index contributed by atoms with van der Waals surface area (Å²) in [5.74, 6) is 0.497. The number of rotatable bonds is 7. The zero-order chi connectivity index (χ0) is 18.2. The topological polar surface area (TPSA) is 41.6 Å². The standard InChI is InChI=1S/C22H22N2O2/c1-2-24(19-9-5-3-6-10-19)20-15-13-18(14-16-20)23-22(25)17-26-21-11-7-4-8-12-21/h3-16H,2,17H2,1H3,(H,23,25). The smallest absolute Gasteiger partial charge is 0.262 e. The van der Waals surface area contributed by atoms with Crippen LogP contribution in [0.4, 0.5) is 17.1 Å². The fraction of sp³-hybridized carbons (Fsp3) is 0.136. The van der Waals surface area contributed by atoms with Crippen molar-refractivity contribution in [2.45, 2.75) is 6.92 Å². The number of carbonyl (C=O) groups excluding carboxylic acids is 1. The van der Waals surface area contributed by atoms with Gasteiger partial charge in [0.05, 0.1) is 0 Å². The van der Waals surface area contributed by atoms with Gasteiger partial charge in [0.2, 0.25) is 0 Å². The molecule has 4 nitrogen and oxygen atoms in total. The summed E-state index contributed by atoms with van der Waals surface area (Å²) in [6.45, 7) is 2.96. The van der Waals surface area contributed by atoms with Gasteiger partial charge >= 0.3 is 0 Å². The fourth-order valence-corrected chi connectivity index (χ4v) is 2.71. The number of nitrogens with zero attached hydrogens (tertiary/aromatic N) is 1. The molecule has 0 atom stereocenters. The summed E-state index contributed by atoms with van der Waals surface area (Å²) >= 11 is 0. The molecule has 1 amide bonds. The summed E-state index contributed by atoms with van der Waals surface area (Å²) in [6, 6.07) is 27.3. The third-order valence-electron chi connectivity index (χ3n) is 3.96. The van der Waals surface area contributed by atoms with Crippen molar-refractivity contribution in [3.05, 3.63) is 84.9 Å². The van der Waals surface area contributed by atoms with Crippen LogP contribution in [-0.4, -0.2) is 19.1 Å². The Balaban J connectivity index is 1.59. The molecule has 0 fully saturated rings. The van der Waals surface area contributed by atoms with Crippen molar-refractivity contribution < 1.29 is 9.53 Å². The molecule has 3 rings (SSSR count). The molecule has 0 bridgehead atoms. The van der Waals surface area contributed by atoms with Crippen LogP contribution in [-0.2, 0) is 4.79 Å². The molecule has 0 aliphatic heterocycles. The molecule has 1 N–H and O–H groups in total. The van der Waals surface area contributed by atoms with Gasteiger partial charge in [0, 0.05) is 23.6 Å². The molecule has 4 heteroatoms. The van der Waals surface area contributed by atoms with Crippen molar-refractivity contribution in [3.8, 4) is 5.75 Å². The lowest BCUT2D eigenvalue weighted by Gasteiger charge is -2.23. The van der Waals surface area contributed by atoms with Gasteiger partial charge in [-0.2, -0.15) is 0 Å². The Morgan fingerprint density at radius 3 is 2.04 bits per heavy atom. The number of ether oxygens (including phenoxy) is 1. The van der Waals surface area contributed by atoms with E-state index in [4.69, 9.17) is 4.74 Å². The number of nitrogens with one attached hydrogen (secondary N) is 1. The lowest BCUT2D eigenvalue weighted by molar-refractivity contribution is -0.118. The highest BCUT2D eigenvalue weighted by molar-refractivity contribution is 5.92. The van der Waals surface area contributed by atoms with Gasteiger partial charge in [-0.25, -0.2) is 0 Å². The SMILES string of the molecule is CCN(c1ccccc1)c1ccc(NC(=O)COc2ccccc2)cc1. The maximum atomic E-state index is 12.0. The number of hydrogen-bond acceptors (Lipinski definition) is 3. The fourth-order valence-electron chi connectivity index (χ4n) is 2.71. The van der Waals surface area contributed by atoms with Crippen LogP contribution in [0, 0.1) is 0 Å². The van der Waals surface area contributed by atoms with E-state index in [0.717, 1.165) is 23.6 Å². The zero-order valence-electron chi connectivity index (χ0n) is 14.8. The average molecular weight is 346 g/mol. The molecule has 0 spiro atoms. The average Bonchev–Trinajstić information content (AvgIpc) is 2.70. The lowest BCUT2D eigenvalue weighted by Crippen LogP contribution is -2.20. The quantitative estimate of drug-likeness (QED) is 0.664. The first kappa shape index (κ1) is 17.5. The van der Waals surface area contributed by atoms with Gasteiger partial charge in [-0.3, -0.25) is 4.79 Å². The van der Waals surface area contributed by atoms with Gasteiger partial charge in [-0.15, -0.1) is 0 Å². The van der Waals surface area contributed by atoms with E-state index in [1.165, 1.54) is 0 Å². The van der Waals surface area contributed by atoms with Crippen molar-refractivity contribution >= 4 is 23.0 Å². The van der Waals surface area contributed by atoms with E-state index >= 15 is 0 Å². The summed E-state index contributed by atoms with van der Waals surface area (Å²) in [6.07, 6.45) is 0. The van der Waals surface area contributed by atoms with Crippen molar-refractivity contribution in [1.82, 2.24) is 0 Å². The van der Waals surface area contributed by atoms with Crippen molar-refractivity contribution in [2.24, 2.45) is 0 Å². The summed E-state index contributed by atoms with van der Waals surface area (Å²) in [4.78, 5) is 14.2. The Labute approximate surface area is 154 Å². The second-order valence-electron chi connectivity index (χ2n) is 5.78. The van der Waals surface area contributed by atoms with Gasteiger partial charge < -0.3 is 15.0 Å². The van der Waals surface area contributed by atoms with E-state index in [1.807, 2.05) is 72.8 Å². The minimum absolute atomic E-state index is 0.0170. The monoisotopic (exact) mass is 346 g/mol. The van der Waals surface area contributed by atoms with Crippen molar-refractivity contribution in [3.63, 3.8) is 0 Å². The molecular weight excluding hydrogens is 324 g/mol. The summed E-state index contributed by atoms with van der Waals surface area (Å²) in [7, 11) is 0. The number of anilines is 3. The van der Waals surface area contributed by atoms with E-state index in [2.05, 4.69) is 29.3 Å². The molecule has 0 unspecified atom stereocenters. The van der Waals surface area contributed by atoms with E-state index < -0.39 is 0 Å². The Kier molecular flexibility index (Phi) is 5.88. The molecule has 3 aromatic rings. The Morgan fingerprint density at radius 1 is 0.846 bits per heavy atom. The van der Waals surface area contributed by atoms with Gasteiger partial charge in [0.15, 0.2) is 6.61 Å². The van der Waals surface area contributed by atoms with Crippen LogP contribution in [0.2, 0.25) is 0 Å². The van der Waals surface area contributed by atoms with Crippen molar-refractivity contribution in [2.75, 3.05) is 23.4 Å². The van der Waals surface area contributed by atoms with Gasteiger partial charge in [-0.05, 0) is 55.5 Å². The Bertz CT molecular complexity index is 818. The highest BCUT2D eigenvalue weighted by atomic mass is 16.5. The summed E-state index contributed by atoms with van der Waals surface area (Å²) < 4.78 is 5.46. The van der Waals surface area contributed by atoms with Crippen LogP contribution in [0.1, 0.15) is 6.92 Å². The predicted molar refractivity (Wildman–Crippen MR) is 106 cm³/mol. The zero-order valence-corrected chi connectivity index (χ0v) is 14.8. The maximum absolute atomic E-state index is 12.0. The third kappa shape index (κ3) is 4.63. The van der Waals surface area contributed by atoms with Crippen LogP contribution in [0.5, 0.6) is 5.75 Å². The first-order valence-corrected chi connectivity index (χ1v) is 8.66. The third-order valence-corrected chi connectivity index (χ3v) is 3.96. The van der Waals surface area contributed by atoms with Gasteiger partial charge in [0.1, 0.15) is 5.75 Å². The lowest BCUT2D eigenvalue weighted by atomic mass is 10.2. The van der Waals surface area contributed by atoms with E-state index in [1.54, 1.807) is 0 Å². The van der Waals surface area contributed by atoms with Crippen LogP contribution in [0.15, 0.2) is 84.9 Å². The number of amides is 1. The summed E-state index contributed by atoms with van der Waals surface area (Å²) in [5.41, 5.74) is 2.97. The second kappa shape index (κ2) is 8.72. The van der Waals surface area contributed by atoms with E-state index in [0.29, 0.717) is 5.75 Å². The Morgan fingerprint density at radius 2 is 1.42 bits per heavy atom. The van der Waals surface area contributed by atoms with E-state index in [9.17, 15) is 4.79 Å². The molecule has 3 aromatic carbocycles. The van der Waals surface area contributed by atoms with Crippen LogP contribution >= 0.6 is 0 Å². The number of benzene rings is 3. The van der Waals surface area contributed by atoms with Crippen molar-refractivity contribution in [1.29, 1.82) is 0 Å². The van der Waals surface area contributed by atoms with Crippen LogP contribution in [0.3, 0.4) is 0 Å². The first-order valence-electron chi connectivity index (χ1n) is 8.66. The summed E-state index contributed by atoms with van der Waals surface area (Å²) in [5, 5.41) is 2.85. The molecule has 132 valence electrons. The Hall–Kier alpha value is -3.27. The molecule has 0 heterocycles. The molecule has 0 aliphatic rings. The molecule has 0 aromatic heterocycles. The minimum atomic E-state index is -0.183. The van der Waals surface area contributed by atoms with Crippen LogP contribution < -0.4 is 15.0 Å². The molecular formula is C22H22N2O2. The predicted octanol–water partition coefficient (Wildman–Crippen LogP) is 4.86. The highest BCUT2D eigenvalue weighted by Gasteiger charge is 2.08. The normalized spacial score (nSPS) is 10.2. The molecule has 0 radical (unpaired) electrons. The number of carbonyl (C=O) groups is 1. The largest absolute Gasteiger partial charge is 0.484 e.